The number of ether oxygens (including phenoxy) is 1. The van der Waals surface area contributed by atoms with Gasteiger partial charge in [-0.15, -0.1) is 0 Å². The van der Waals surface area contributed by atoms with Gasteiger partial charge in [0.05, 0.1) is 12.8 Å². The van der Waals surface area contributed by atoms with Gasteiger partial charge in [-0.05, 0) is 31.0 Å². The van der Waals surface area contributed by atoms with Gasteiger partial charge in [0.15, 0.2) is 0 Å². The summed E-state index contributed by atoms with van der Waals surface area (Å²) < 4.78 is 5.26. The summed E-state index contributed by atoms with van der Waals surface area (Å²) >= 11 is 6.16. The molecular weight excluding hydrogens is 242 g/mol. The first kappa shape index (κ1) is 13.6. The molecule has 0 heterocycles. The van der Waals surface area contributed by atoms with Gasteiger partial charge in [-0.2, -0.15) is 0 Å². The maximum atomic E-state index is 11.5. The van der Waals surface area contributed by atoms with E-state index in [1.807, 2.05) is 13.8 Å². The quantitative estimate of drug-likeness (QED) is 0.484. The van der Waals surface area contributed by atoms with Crippen molar-refractivity contribution in [1.29, 1.82) is 0 Å². The molecule has 6 heteroatoms. The van der Waals surface area contributed by atoms with Crippen LogP contribution >= 0.6 is 11.6 Å². The molecule has 1 rings (SSSR count). The normalized spacial score (nSPS) is 10.0. The largest absolute Gasteiger partial charge is 0.495 e. The average Bonchev–Trinajstić information content (AvgIpc) is 2.33. The Kier molecular flexibility index (Phi) is 4.20. The van der Waals surface area contributed by atoms with E-state index in [0.717, 1.165) is 11.1 Å². The SMILES string of the molecule is COc1cc(C)c(Cl)c(C)c1N(C)C(=O)NN. The lowest BCUT2D eigenvalue weighted by Crippen LogP contribution is -2.41. The van der Waals surface area contributed by atoms with E-state index < -0.39 is 6.03 Å². The molecule has 0 unspecified atom stereocenters. The zero-order valence-electron chi connectivity index (χ0n) is 10.3. The van der Waals surface area contributed by atoms with E-state index in [4.69, 9.17) is 22.2 Å². The number of hydrogen-bond acceptors (Lipinski definition) is 3. The van der Waals surface area contributed by atoms with Gasteiger partial charge >= 0.3 is 6.03 Å². The van der Waals surface area contributed by atoms with Crippen LogP contribution in [0.4, 0.5) is 10.5 Å². The summed E-state index contributed by atoms with van der Waals surface area (Å²) in [5.41, 5.74) is 4.33. The monoisotopic (exact) mass is 257 g/mol. The highest BCUT2D eigenvalue weighted by Gasteiger charge is 2.19. The number of hydrogen-bond donors (Lipinski definition) is 2. The summed E-state index contributed by atoms with van der Waals surface area (Å²) in [5, 5.41) is 0.609. The standard InChI is InChI=1S/C11H16ClN3O2/c1-6-5-8(17-4)10(7(2)9(6)12)15(3)11(16)14-13/h5H,13H2,1-4H3,(H,14,16). The van der Waals surface area contributed by atoms with E-state index in [-0.39, 0.29) is 0 Å². The third-order valence-corrected chi connectivity index (χ3v) is 3.18. The second-order valence-corrected chi connectivity index (χ2v) is 4.07. The van der Waals surface area contributed by atoms with Crippen molar-refractivity contribution >= 4 is 23.3 Å². The Hall–Kier alpha value is -1.46. The zero-order chi connectivity index (χ0) is 13.2. The summed E-state index contributed by atoms with van der Waals surface area (Å²) in [7, 11) is 3.14. The first-order chi connectivity index (χ1) is 7.93. The van der Waals surface area contributed by atoms with Crippen LogP contribution in [0.3, 0.4) is 0 Å². The fourth-order valence-corrected chi connectivity index (χ4v) is 1.83. The number of benzene rings is 1. The van der Waals surface area contributed by atoms with E-state index in [9.17, 15) is 4.79 Å². The Bertz CT molecular complexity index is 449. The second-order valence-electron chi connectivity index (χ2n) is 3.69. The van der Waals surface area contributed by atoms with Crippen LogP contribution < -0.4 is 20.9 Å². The fourth-order valence-electron chi connectivity index (χ4n) is 1.68. The van der Waals surface area contributed by atoms with Crippen LogP contribution in [0.2, 0.25) is 5.02 Å². The van der Waals surface area contributed by atoms with Crippen molar-refractivity contribution < 1.29 is 9.53 Å². The first-order valence-corrected chi connectivity index (χ1v) is 5.39. The van der Waals surface area contributed by atoms with Crippen LogP contribution in [0.15, 0.2) is 6.07 Å². The number of aryl methyl sites for hydroxylation is 1. The molecule has 0 aliphatic carbocycles. The molecule has 94 valence electrons. The number of hydrazine groups is 1. The third kappa shape index (κ3) is 2.45. The Morgan fingerprint density at radius 2 is 2.12 bits per heavy atom. The Morgan fingerprint density at radius 3 is 2.59 bits per heavy atom. The Balaban J connectivity index is 3.40. The van der Waals surface area contributed by atoms with Gasteiger partial charge in [0.25, 0.3) is 0 Å². The molecule has 0 aliphatic heterocycles. The van der Waals surface area contributed by atoms with Gasteiger partial charge in [0.2, 0.25) is 0 Å². The minimum atomic E-state index is -0.439. The van der Waals surface area contributed by atoms with Crippen molar-refractivity contribution in [2.24, 2.45) is 5.84 Å². The zero-order valence-corrected chi connectivity index (χ0v) is 11.1. The van der Waals surface area contributed by atoms with Gasteiger partial charge in [0.1, 0.15) is 5.75 Å². The molecule has 0 aromatic heterocycles. The molecule has 0 saturated heterocycles. The van der Waals surface area contributed by atoms with Gasteiger partial charge in [-0.1, -0.05) is 11.6 Å². The summed E-state index contributed by atoms with van der Waals surface area (Å²) in [4.78, 5) is 12.9. The number of halogens is 1. The number of nitrogens with one attached hydrogen (secondary N) is 1. The summed E-state index contributed by atoms with van der Waals surface area (Å²) in [6, 6.07) is 1.34. The smallest absolute Gasteiger partial charge is 0.335 e. The van der Waals surface area contributed by atoms with E-state index in [2.05, 4.69) is 5.43 Å². The van der Waals surface area contributed by atoms with Crippen molar-refractivity contribution in [3.8, 4) is 5.75 Å². The Morgan fingerprint density at radius 1 is 1.53 bits per heavy atom. The summed E-state index contributed by atoms with van der Waals surface area (Å²) in [5.74, 6) is 5.68. The summed E-state index contributed by atoms with van der Waals surface area (Å²) in [6.07, 6.45) is 0. The maximum Gasteiger partial charge on any atom is 0.335 e. The number of anilines is 1. The number of methoxy groups -OCH3 is 1. The van der Waals surface area contributed by atoms with Crippen LogP contribution in [-0.4, -0.2) is 20.2 Å². The highest BCUT2D eigenvalue weighted by atomic mass is 35.5. The highest BCUT2D eigenvalue weighted by molar-refractivity contribution is 6.32. The Labute approximate surface area is 105 Å². The predicted octanol–water partition coefficient (Wildman–Crippen LogP) is 1.98. The number of amides is 2. The van der Waals surface area contributed by atoms with Gasteiger partial charge in [-0.25, -0.2) is 10.6 Å². The van der Waals surface area contributed by atoms with Crippen LogP contribution in [0.1, 0.15) is 11.1 Å². The number of rotatable bonds is 2. The van der Waals surface area contributed by atoms with Crippen LogP contribution in [0.25, 0.3) is 0 Å². The van der Waals surface area contributed by atoms with Crippen molar-refractivity contribution in [3.63, 3.8) is 0 Å². The van der Waals surface area contributed by atoms with Gasteiger partial charge in [0, 0.05) is 12.1 Å². The van der Waals surface area contributed by atoms with Crippen LogP contribution in [0.5, 0.6) is 5.75 Å². The molecular formula is C11H16ClN3O2. The van der Waals surface area contributed by atoms with Crippen LogP contribution in [-0.2, 0) is 0 Å². The molecule has 0 atom stereocenters. The van der Waals surface area contributed by atoms with E-state index in [0.29, 0.717) is 16.5 Å². The maximum absolute atomic E-state index is 11.5. The number of nitrogens with zero attached hydrogens (tertiary/aromatic N) is 1. The molecule has 1 aromatic carbocycles. The minimum absolute atomic E-state index is 0.439. The molecule has 5 nitrogen and oxygen atoms in total. The van der Waals surface area contributed by atoms with E-state index in [1.165, 1.54) is 4.90 Å². The molecule has 2 amide bonds. The number of nitrogens with two attached hydrogens (primary N) is 1. The molecule has 3 N–H and O–H groups in total. The third-order valence-electron chi connectivity index (χ3n) is 2.60. The molecule has 0 bridgehead atoms. The van der Waals surface area contributed by atoms with E-state index >= 15 is 0 Å². The first-order valence-electron chi connectivity index (χ1n) is 5.02. The lowest BCUT2D eigenvalue weighted by molar-refractivity contribution is 0.247. The van der Waals surface area contributed by atoms with Crippen molar-refractivity contribution in [3.05, 3.63) is 22.2 Å². The predicted molar refractivity (Wildman–Crippen MR) is 68.6 cm³/mol. The lowest BCUT2D eigenvalue weighted by Gasteiger charge is -2.23. The molecule has 0 radical (unpaired) electrons. The van der Waals surface area contributed by atoms with Crippen molar-refractivity contribution in [2.45, 2.75) is 13.8 Å². The molecule has 17 heavy (non-hydrogen) atoms. The number of carbonyl (C=O) groups excluding carboxylic acids is 1. The fraction of sp³-hybridized carbons (Fsp3) is 0.364. The van der Waals surface area contributed by atoms with Gasteiger partial charge in [-0.3, -0.25) is 10.3 Å². The van der Waals surface area contributed by atoms with Crippen LogP contribution in [0, 0.1) is 13.8 Å². The van der Waals surface area contributed by atoms with Crippen molar-refractivity contribution in [2.75, 3.05) is 19.1 Å². The van der Waals surface area contributed by atoms with Gasteiger partial charge < -0.3 is 4.74 Å². The topological polar surface area (TPSA) is 67.6 Å². The lowest BCUT2D eigenvalue weighted by atomic mass is 10.1. The van der Waals surface area contributed by atoms with E-state index in [1.54, 1.807) is 20.2 Å². The van der Waals surface area contributed by atoms with Crippen molar-refractivity contribution in [1.82, 2.24) is 5.43 Å². The number of carbonyl (C=O) groups is 1. The second kappa shape index (κ2) is 5.25. The molecule has 0 spiro atoms. The molecule has 0 aliphatic rings. The number of urea groups is 1. The minimum Gasteiger partial charge on any atom is -0.495 e. The average molecular weight is 258 g/mol. The molecule has 0 saturated carbocycles. The molecule has 0 fully saturated rings. The molecule has 1 aromatic rings. The summed E-state index contributed by atoms with van der Waals surface area (Å²) in [6.45, 7) is 3.71. The highest BCUT2D eigenvalue weighted by Crippen LogP contribution is 2.37.